The smallest absolute Gasteiger partial charge is 0.411 e. The van der Waals surface area contributed by atoms with Crippen molar-refractivity contribution in [1.29, 1.82) is 0 Å². The Bertz CT molecular complexity index is 2500. The number of rotatable bonds is 11. The fourth-order valence-corrected chi connectivity index (χ4v) is 10.4. The van der Waals surface area contributed by atoms with Gasteiger partial charge in [0.25, 0.3) is 5.91 Å². The first-order valence-corrected chi connectivity index (χ1v) is 23.7. The van der Waals surface area contributed by atoms with Gasteiger partial charge in [-0.3, -0.25) is 24.0 Å². The van der Waals surface area contributed by atoms with Gasteiger partial charge in [0.1, 0.15) is 35.0 Å². The fraction of sp³-hybridized carbons (Fsp3) is 0.565. The van der Waals surface area contributed by atoms with E-state index in [2.05, 4.69) is 15.0 Å². The Labute approximate surface area is 381 Å². The summed E-state index contributed by atoms with van der Waals surface area (Å²) in [4.78, 5) is 67.5. The lowest BCUT2D eigenvalue weighted by Gasteiger charge is -2.45. The van der Waals surface area contributed by atoms with Crippen LogP contribution in [0, 0.1) is 17.8 Å². The van der Waals surface area contributed by atoms with Crippen LogP contribution in [-0.4, -0.2) is 118 Å². The molecule has 7 rings (SSSR count). The number of carboxylic acid groups (broad SMARTS) is 1. The summed E-state index contributed by atoms with van der Waals surface area (Å²) in [5, 5.41) is 13.7. The molecule has 0 radical (unpaired) electrons. The number of ether oxygens (including phenoxy) is 3. The Morgan fingerprint density at radius 2 is 1.79 bits per heavy atom. The highest BCUT2D eigenvalue weighted by atomic mass is 32.2. The Morgan fingerprint density at radius 3 is 2.41 bits per heavy atom. The Kier molecular flexibility index (Phi) is 13.3. The van der Waals surface area contributed by atoms with Gasteiger partial charge in [0, 0.05) is 35.6 Å². The number of fused-ring (bicyclic) bond motifs is 3. The summed E-state index contributed by atoms with van der Waals surface area (Å²) >= 11 is 0. The maximum absolute atomic E-state index is 15.2. The van der Waals surface area contributed by atoms with Crippen molar-refractivity contribution in [3.05, 3.63) is 54.7 Å². The molecule has 7 atom stereocenters. The van der Waals surface area contributed by atoms with E-state index in [1.54, 1.807) is 54.7 Å². The molecule has 2 aromatic heterocycles. The number of carbonyl (C=O) groups is 4. The summed E-state index contributed by atoms with van der Waals surface area (Å²) < 4.78 is 90.6. The summed E-state index contributed by atoms with van der Waals surface area (Å²) in [5.74, 6) is -3.74. The normalized spacial score (nSPS) is 26.9. The van der Waals surface area contributed by atoms with E-state index in [1.807, 2.05) is 20.8 Å². The molecule has 2 saturated carbocycles. The third kappa shape index (κ3) is 9.88. The lowest BCUT2D eigenvalue weighted by molar-refractivity contribution is -0.222. The molecule has 2 aliphatic heterocycles. The molecule has 4 aliphatic rings. The predicted molar refractivity (Wildman–Crippen MR) is 236 cm³/mol. The minimum absolute atomic E-state index is 0.0369. The number of alkyl halides is 3. The van der Waals surface area contributed by atoms with E-state index in [4.69, 9.17) is 19.2 Å². The zero-order chi connectivity index (χ0) is 48.1. The number of carbonyl (C=O) groups excluding carboxylic acids is 3. The van der Waals surface area contributed by atoms with Gasteiger partial charge in [-0.25, -0.2) is 23.2 Å². The summed E-state index contributed by atoms with van der Waals surface area (Å²) in [6, 6.07) is 6.96. The highest BCUT2D eigenvalue weighted by molar-refractivity contribution is 7.91. The first kappa shape index (κ1) is 48.3. The number of nitrogens with zero attached hydrogens (tertiary/aromatic N) is 4. The number of benzene rings is 1. The quantitative estimate of drug-likeness (QED) is 0.173. The monoisotopic (exact) mass is 942 g/mol. The lowest BCUT2D eigenvalue weighted by Crippen LogP contribution is -2.66. The minimum atomic E-state index is -5.12. The molecule has 0 unspecified atom stereocenters. The van der Waals surface area contributed by atoms with Crippen LogP contribution < -0.4 is 24.2 Å². The average molecular weight is 943 g/mol. The number of hydrogen-bond acceptors (Lipinski definition) is 11. The molecule has 0 bridgehead atoms. The van der Waals surface area contributed by atoms with Gasteiger partial charge < -0.3 is 29.5 Å². The molecule has 3 fully saturated rings. The third-order valence-corrected chi connectivity index (χ3v) is 14.8. The maximum atomic E-state index is 15.2. The molecule has 66 heavy (non-hydrogen) atoms. The van der Waals surface area contributed by atoms with Crippen LogP contribution in [0.4, 0.5) is 18.0 Å². The zero-order valence-corrected chi connectivity index (χ0v) is 38.7. The van der Waals surface area contributed by atoms with Gasteiger partial charge in [-0.2, -0.15) is 13.2 Å². The van der Waals surface area contributed by atoms with Gasteiger partial charge in [-0.05, 0) is 114 Å². The number of amides is 4. The number of nitrogens with one attached hydrogen (secondary N) is 2. The van der Waals surface area contributed by atoms with E-state index in [0.29, 0.717) is 73.2 Å². The highest BCUT2D eigenvalue weighted by Gasteiger charge is 2.63. The second-order valence-electron chi connectivity index (χ2n) is 18.9. The zero-order valence-electron chi connectivity index (χ0n) is 37.9. The van der Waals surface area contributed by atoms with Crippen LogP contribution in [0.5, 0.6) is 17.5 Å². The van der Waals surface area contributed by atoms with Gasteiger partial charge in [-0.1, -0.05) is 26.0 Å². The molecule has 4 amide bonds. The van der Waals surface area contributed by atoms with E-state index in [0.717, 1.165) is 4.90 Å². The second-order valence-corrected chi connectivity index (χ2v) is 20.8. The fourth-order valence-electron chi connectivity index (χ4n) is 9.05. The van der Waals surface area contributed by atoms with Crippen LogP contribution >= 0.6 is 0 Å². The Morgan fingerprint density at radius 1 is 1.06 bits per heavy atom. The molecule has 3 N–H and O–H groups in total. The van der Waals surface area contributed by atoms with Crippen LogP contribution in [0.2, 0.25) is 0 Å². The molecule has 3 aromatic rings. The van der Waals surface area contributed by atoms with E-state index < -0.39 is 92.9 Å². The molecular formula is C46H57F3N6O10S. The molecule has 358 valence electrons. The molecule has 1 saturated heterocycles. The summed E-state index contributed by atoms with van der Waals surface area (Å²) in [5.41, 5.74) is -3.79. The summed E-state index contributed by atoms with van der Waals surface area (Å²) in [6.07, 6.45) is -1.57. The number of methoxy groups -OCH3 is 1. The molecule has 20 heteroatoms. The number of aromatic nitrogens is 2. The Balaban J connectivity index is 1.31. The standard InChI is InChI=1S/C46H57F3N6O10S/c1-25(2)64-37-17-12-28(23-50-37)35-20-29-19-31(63-7)13-16-34(29)40(51-35)65-32-21-36-39(56)52-45(42(58)53-66(61,62)33-14-15-33)22-30(45)11-9-8-10-26(3)18-27(4)38(41(57)54(36)24-32)55(43(59)60)44(5,6)46(47,48)49/h9,11-13,16-17,19-20,23,25-27,30,32-33,36,38H,8,10,14-15,18,21-22,24H2,1-7H3,(H,52,56)(H,53,58)(H,59,60)/b11-9-/t26-,27+,30+,32+,36-,38-,45+/m0/s1. The second kappa shape index (κ2) is 18.2. The van der Waals surface area contributed by atoms with Gasteiger partial charge in [0.05, 0.1) is 30.7 Å². The maximum Gasteiger partial charge on any atom is 0.411 e. The minimum Gasteiger partial charge on any atom is -0.497 e. The number of hydrogen-bond donors (Lipinski definition) is 3. The third-order valence-electron chi connectivity index (χ3n) is 13.0. The molecule has 0 spiro atoms. The van der Waals surface area contributed by atoms with Crippen molar-refractivity contribution in [3.63, 3.8) is 0 Å². The van der Waals surface area contributed by atoms with Crippen LogP contribution in [0.15, 0.2) is 54.7 Å². The topological polar surface area (TPSA) is 207 Å². The summed E-state index contributed by atoms with van der Waals surface area (Å²) in [7, 11) is -2.55. The average Bonchev–Trinajstić information content (AvgIpc) is 4.17. The lowest BCUT2D eigenvalue weighted by atomic mass is 9.85. The van der Waals surface area contributed by atoms with Gasteiger partial charge >= 0.3 is 12.3 Å². The number of allylic oxidation sites excluding steroid dienone is 1. The SMILES string of the molecule is COc1ccc2c(O[C@@H]3C[C@H]4C(=O)N[C@]5(C(=O)NS(=O)(=O)C6CC6)C[C@H]5/C=C\CC[C@H](C)C[C@@H](C)[C@H](N(C(=O)O)C(C)(C)C(F)(F)F)C(=O)N4C3)nc(-c3ccc(OC(C)C)nc3)cc2c1. The van der Waals surface area contributed by atoms with E-state index in [-0.39, 0.29) is 42.1 Å². The van der Waals surface area contributed by atoms with Crippen molar-refractivity contribution in [1.82, 2.24) is 29.8 Å². The van der Waals surface area contributed by atoms with E-state index in [9.17, 15) is 41.1 Å². The van der Waals surface area contributed by atoms with Crippen LogP contribution in [0.1, 0.15) is 86.5 Å². The number of sulfonamides is 1. The van der Waals surface area contributed by atoms with Gasteiger partial charge in [-0.15, -0.1) is 0 Å². The van der Waals surface area contributed by atoms with E-state index >= 15 is 4.79 Å². The molecule has 4 heterocycles. The van der Waals surface area contributed by atoms with Crippen LogP contribution in [0.3, 0.4) is 0 Å². The summed E-state index contributed by atoms with van der Waals surface area (Å²) in [6.45, 7) is 8.09. The Hall–Kier alpha value is -5.66. The largest absolute Gasteiger partial charge is 0.497 e. The van der Waals surface area contributed by atoms with Crippen molar-refractivity contribution in [2.75, 3.05) is 13.7 Å². The first-order valence-electron chi connectivity index (χ1n) is 22.2. The molecule has 1 aromatic carbocycles. The van der Waals surface area contributed by atoms with Crippen molar-refractivity contribution in [2.24, 2.45) is 17.8 Å². The molecule has 16 nitrogen and oxygen atoms in total. The highest BCUT2D eigenvalue weighted by Crippen LogP contribution is 2.47. The van der Waals surface area contributed by atoms with Gasteiger partial charge in [0.15, 0.2) is 0 Å². The molecule has 2 aliphatic carbocycles. The predicted octanol–water partition coefficient (Wildman–Crippen LogP) is 6.63. The van der Waals surface area contributed by atoms with Crippen molar-refractivity contribution < 1.29 is 60.1 Å². The van der Waals surface area contributed by atoms with Crippen molar-refractivity contribution in [2.45, 2.75) is 133 Å². The van der Waals surface area contributed by atoms with Crippen molar-refractivity contribution in [3.8, 4) is 28.8 Å². The number of halogens is 3. The van der Waals surface area contributed by atoms with Gasteiger partial charge in [0.2, 0.25) is 33.6 Å². The number of pyridine rings is 2. The van der Waals surface area contributed by atoms with Crippen molar-refractivity contribution >= 4 is 44.6 Å². The van der Waals surface area contributed by atoms with Crippen LogP contribution in [-0.2, 0) is 24.4 Å². The molecular weight excluding hydrogens is 886 g/mol. The van der Waals surface area contributed by atoms with Crippen LogP contribution in [0.25, 0.3) is 22.0 Å². The van der Waals surface area contributed by atoms with E-state index in [1.165, 1.54) is 14.0 Å². The first-order chi connectivity index (χ1) is 30.9.